The monoisotopic (exact) mass is 536 g/mol. The van der Waals surface area contributed by atoms with Gasteiger partial charge < -0.3 is 33.2 Å². The molecule has 0 bridgehead atoms. The SMILES string of the molecule is CCOC(C)Oc1c(COC)cc(Cc2cc(COC)c(PC(C)OCC)c(COC)c2)cc1COC. The summed E-state index contributed by atoms with van der Waals surface area (Å²) in [6.07, 6.45) is 0.370. The van der Waals surface area contributed by atoms with E-state index >= 15 is 0 Å². The largest absolute Gasteiger partial charge is 0.465 e. The Morgan fingerprint density at radius 2 is 1.08 bits per heavy atom. The van der Waals surface area contributed by atoms with E-state index in [1.165, 1.54) is 22.0 Å². The Balaban J connectivity index is 2.51. The van der Waals surface area contributed by atoms with Crippen LogP contribution in [0.1, 0.15) is 61.1 Å². The van der Waals surface area contributed by atoms with Crippen LogP contribution in [0.15, 0.2) is 24.3 Å². The van der Waals surface area contributed by atoms with Gasteiger partial charge in [-0.1, -0.05) is 20.7 Å². The van der Waals surface area contributed by atoms with Crippen molar-refractivity contribution in [2.24, 2.45) is 0 Å². The quantitative estimate of drug-likeness (QED) is 0.189. The number of hydrogen-bond acceptors (Lipinski definition) is 7. The predicted molar refractivity (Wildman–Crippen MR) is 149 cm³/mol. The lowest BCUT2D eigenvalue weighted by Gasteiger charge is -2.22. The van der Waals surface area contributed by atoms with Crippen molar-refractivity contribution in [1.29, 1.82) is 0 Å². The highest BCUT2D eigenvalue weighted by Gasteiger charge is 2.18. The molecule has 2 aromatic rings. The first kappa shape index (κ1) is 31.6. The Bertz CT molecular complexity index is 820. The van der Waals surface area contributed by atoms with Gasteiger partial charge in [-0.2, -0.15) is 0 Å². The van der Waals surface area contributed by atoms with E-state index in [4.69, 9.17) is 33.2 Å². The van der Waals surface area contributed by atoms with Crippen LogP contribution < -0.4 is 10.0 Å². The van der Waals surface area contributed by atoms with E-state index in [0.29, 0.717) is 48.2 Å². The summed E-state index contributed by atoms with van der Waals surface area (Å²) in [5.41, 5.74) is 6.64. The highest BCUT2D eigenvalue weighted by Crippen LogP contribution is 2.31. The summed E-state index contributed by atoms with van der Waals surface area (Å²) in [4.78, 5) is 0. The minimum absolute atomic E-state index is 0.141. The van der Waals surface area contributed by atoms with Gasteiger partial charge in [-0.25, -0.2) is 0 Å². The van der Waals surface area contributed by atoms with Gasteiger partial charge in [0.25, 0.3) is 0 Å². The van der Waals surface area contributed by atoms with Crippen LogP contribution in [-0.2, 0) is 61.3 Å². The minimum atomic E-state index is -0.372. The zero-order valence-corrected chi connectivity index (χ0v) is 24.8. The van der Waals surface area contributed by atoms with Crippen molar-refractivity contribution in [3.63, 3.8) is 0 Å². The fraction of sp³-hybridized carbons (Fsp3) is 0.586. The molecule has 0 heterocycles. The Hall–Kier alpha value is -1.57. The molecule has 3 unspecified atom stereocenters. The van der Waals surface area contributed by atoms with Crippen LogP contribution in [-0.4, -0.2) is 53.8 Å². The molecule has 8 heteroatoms. The summed E-state index contributed by atoms with van der Waals surface area (Å²) < 4.78 is 39.9. The van der Waals surface area contributed by atoms with Gasteiger partial charge in [-0.15, -0.1) is 0 Å². The van der Waals surface area contributed by atoms with Gasteiger partial charge in [-0.05, 0) is 73.8 Å². The lowest BCUT2D eigenvalue weighted by Crippen LogP contribution is -2.19. The van der Waals surface area contributed by atoms with Gasteiger partial charge >= 0.3 is 0 Å². The maximum Gasteiger partial charge on any atom is 0.196 e. The van der Waals surface area contributed by atoms with E-state index in [2.05, 4.69) is 31.2 Å². The molecule has 0 N–H and O–H groups in total. The molecule has 0 aliphatic rings. The van der Waals surface area contributed by atoms with Crippen LogP contribution in [0.5, 0.6) is 5.75 Å². The molecule has 0 spiro atoms. The molecule has 0 saturated heterocycles. The van der Waals surface area contributed by atoms with Gasteiger partial charge in [0.15, 0.2) is 6.29 Å². The zero-order chi connectivity index (χ0) is 27.2. The van der Waals surface area contributed by atoms with Crippen molar-refractivity contribution in [1.82, 2.24) is 0 Å². The van der Waals surface area contributed by atoms with E-state index in [9.17, 15) is 0 Å². The van der Waals surface area contributed by atoms with Crippen LogP contribution in [0, 0.1) is 0 Å². The van der Waals surface area contributed by atoms with Crippen molar-refractivity contribution >= 4 is 13.9 Å². The van der Waals surface area contributed by atoms with Gasteiger partial charge in [0.2, 0.25) is 0 Å². The van der Waals surface area contributed by atoms with Crippen LogP contribution in [0.3, 0.4) is 0 Å². The van der Waals surface area contributed by atoms with Crippen molar-refractivity contribution in [2.75, 3.05) is 41.7 Å². The molecule has 3 atom stereocenters. The molecule has 0 aliphatic carbocycles. The molecule has 2 aromatic carbocycles. The normalized spacial score (nSPS) is 13.4. The zero-order valence-electron chi connectivity index (χ0n) is 23.8. The third-order valence-electron chi connectivity index (χ3n) is 5.72. The number of hydrogen-bond donors (Lipinski definition) is 0. The average molecular weight is 537 g/mol. The first-order valence-corrected chi connectivity index (χ1v) is 13.9. The standard InChI is InChI=1S/C29H45O7P/c1-9-34-20(3)36-28-24(16-30-5)12-22(13-25(28)17-31-6)11-23-14-26(18-32-7)29(27(15-23)19-33-8)37-21(4)35-10-2/h12-15,20-21,37H,9-11,16-19H2,1-8H3. The Morgan fingerprint density at radius 3 is 1.51 bits per heavy atom. The molecule has 0 aromatic heterocycles. The molecule has 0 fully saturated rings. The van der Waals surface area contributed by atoms with Crippen LogP contribution in [0.4, 0.5) is 0 Å². The lowest BCUT2D eigenvalue weighted by atomic mass is 9.96. The molecular formula is C29H45O7P. The molecule has 2 rings (SSSR count). The van der Waals surface area contributed by atoms with E-state index in [1.807, 2.05) is 20.8 Å². The molecule has 0 amide bonds. The van der Waals surface area contributed by atoms with E-state index in [-0.39, 0.29) is 12.1 Å². The van der Waals surface area contributed by atoms with Gasteiger partial charge in [0, 0.05) is 52.8 Å². The fourth-order valence-electron chi connectivity index (χ4n) is 4.44. The van der Waals surface area contributed by atoms with Gasteiger partial charge in [0.05, 0.1) is 32.3 Å². The third kappa shape index (κ3) is 9.92. The minimum Gasteiger partial charge on any atom is -0.465 e. The Kier molecular flexibility index (Phi) is 14.6. The second-order valence-electron chi connectivity index (χ2n) is 8.82. The second-order valence-corrected chi connectivity index (χ2v) is 10.4. The van der Waals surface area contributed by atoms with Crippen LogP contribution in [0.2, 0.25) is 0 Å². The summed E-state index contributed by atoms with van der Waals surface area (Å²) in [5.74, 6) is 0.900. The lowest BCUT2D eigenvalue weighted by molar-refractivity contribution is -0.0633. The smallest absolute Gasteiger partial charge is 0.196 e. The maximum atomic E-state index is 6.18. The Labute approximate surface area is 224 Å². The van der Waals surface area contributed by atoms with E-state index in [0.717, 1.165) is 28.9 Å². The fourth-order valence-corrected chi connectivity index (χ4v) is 5.75. The van der Waals surface area contributed by atoms with Crippen molar-refractivity contribution in [2.45, 2.75) is 72.7 Å². The number of ether oxygens (including phenoxy) is 7. The average Bonchev–Trinajstić information content (AvgIpc) is 2.84. The third-order valence-corrected chi connectivity index (χ3v) is 7.23. The molecule has 7 nitrogen and oxygen atoms in total. The van der Waals surface area contributed by atoms with Crippen LogP contribution in [0.25, 0.3) is 0 Å². The summed E-state index contributed by atoms with van der Waals surface area (Å²) in [5, 5.41) is 1.27. The predicted octanol–water partition coefficient (Wildman–Crippen LogP) is 5.31. The molecule has 0 radical (unpaired) electrons. The van der Waals surface area contributed by atoms with Crippen molar-refractivity contribution in [3.05, 3.63) is 57.6 Å². The topological polar surface area (TPSA) is 64.6 Å². The molecule has 0 aliphatic heterocycles. The van der Waals surface area contributed by atoms with Crippen molar-refractivity contribution in [3.8, 4) is 5.75 Å². The Morgan fingerprint density at radius 1 is 0.649 bits per heavy atom. The molecule has 208 valence electrons. The maximum absolute atomic E-state index is 6.18. The summed E-state index contributed by atoms with van der Waals surface area (Å²) in [6, 6.07) is 8.79. The van der Waals surface area contributed by atoms with Gasteiger partial charge in [-0.3, -0.25) is 0 Å². The second kappa shape index (κ2) is 17.1. The number of benzene rings is 2. The summed E-state index contributed by atoms with van der Waals surface area (Å²) in [7, 11) is 7.36. The first-order chi connectivity index (χ1) is 17.9. The van der Waals surface area contributed by atoms with Crippen molar-refractivity contribution < 1.29 is 33.2 Å². The molecule has 37 heavy (non-hydrogen) atoms. The molecular weight excluding hydrogens is 491 g/mol. The molecule has 0 saturated carbocycles. The summed E-state index contributed by atoms with van der Waals surface area (Å²) in [6.45, 7) is 11.2. The summed E-state index contributed by atoms with van der Waals surface area (Å²) >= 11 is 0. The van der Waals surface area contributed by atoms with Crippen LogP contribution >= 0.6 is 8.58 Å². The number of rotatable bonds is 18. The first-order valence-electron chi connectivity index (χ1n) is 12.8. The highest BCUT2D eigenvalue weighted by molar-refractivity contribution is 7.48. The highest BCUT2D eigenvalue weighted by atomic mass is 31.1. The number of methoxy groups -OCH3 is 4. The van der Waals surface area contributed by atoms with E-state index < -0.39 is 0 Å². The van der Waals surface area contributed by atoms with Gasteiger partial charge in [0.1, 0.15) is 5.75 Å². The van der Waals surface area contributed by atoms with E-state index in [1.54, 1.807) is 28.4 Å².